The lowest BCUT2D eigenvalue weighted by Crippen LogP contribution is -2.15. The van der Waals surface area contributed by atoms with Crippen molar-refractivity contribution in [2.45, 2.75) is 48.1 Å². The Morgan fingerprint density at radius 2 is 1.86 bits per heavy atom. The van der Waals surface area contributed by atoms with Crippen LogP contribution in [0.1, 0.15) is 49.3 Å². The van der Waals surface area contributed by atoms with Gasteiger partial charge >= 0.3 is 0 Å². The van der Waals surface area contributed by atoms with Crippen molar-refractivity contribution in [1.82, 2.24) is 19.2 Å². The lowest BCUT2D eigenvalue weighted by molar-refractivity contribution is 0.101. The van der Waals surface area contributed by atoms with Crippen LogP contribution < -0.4 is 0 Å². The summed E-state index contributed by atoms with van der Waals surface area (Å²) in [6.45, 7) is 12.8. The molecule has 29 heavy (non-hydrogen) atoms. The van der Waals surface area contributed by atoms with E-state index in [4.69, 9.17) is 0 Å². The monoisotopic (exact) mass is 390 g/mol. The number of carbonyl (C=O) groups excluding carboxylic acids is 1. The molecule has 4 aromatic rings. The van der Waals surface area contributed by atoms with E-state index in [1.807, 2.05) is 12.4 Å². The summed E-state index contributed by atoms with van der Waals surface area (Å²) in [7, 11) is 0. The average molecular weight is 390 g/mol. The van der Waals surface area contributed by atoms with E-state index in [1.165, 1.54) is 0 Å². The van der Waals surface area contributed by atoms with Crippen LogP contribution in [0.4, 0.5) is 0 Å². The van der Waals surface area contributed by atoms with Gasteiger partial charge in [-0.25, -0.2) is 9.50 Å². The zero-order valence-electron chi connectivity index (χ0n) is 17.7. The number of aromatic nitrogens is 4. The van der Waals surface area contributed by atoms with Gasteiger partial charge in [0.25, 0.3) is 0 Å². The number of rotatable bonds is 3. The van der Waals surface area contributed by atoms with Crippen LogP contribution in [0.2, 0.25) is 0 Å². The number of hydrogen-bond donors (Lipinski definition) is 1. The molecule has 0 aliphatic carbocycles. The van der Waals surface area contributed by atoms with Gasteiger partial charge in [0.2, 0.25) is 0 Å². The summed E-state index contributed by atoms with van der Waals surface area (Å²) in [6.07, 6.45) is 5.57. The third-order valence-electron chi connectivity index (χ3n) is 5.14. The minimum atomic E-state index is 0.0559. The van der Waals surface area contributed by atoms with Crippen molar-refractivity contribution in [2.75, 3.05) is 0 Å². The van der Waals surface area contributed by atoms with Crippen molar-refractivity contribution < 1.29 is 9.90 Å². The van der Waals surface area contributed by atoms with Gasteiger partial charge in [-0.15, -0.1) is 0 Å². The first-order valence-electron chi connectivity index (χ1n) is 9.74. The summed E-state index contributed by atoms with van der Waals surface area (Å²) in [5.74, 6) is 0.154. The SMILES string of the molecule is CC(=O)c1cn(CC(C)(C)C)c2c(C)cc(-c3cnc4c(O)c(C)nn4c3)cc12. The molecule has 1 aromatic carbocycles. The zero-order valence-corrected chi connectivity index (χ0v) is 17.7. The minimum Gasteiger partial charge on any atom is -0.503 e. The van der Waals surface area contributed by atoms with Crippen molar-refractivity contribution in [3.05, 3.63) is 47.5 Å². The molecule has 6 heteroatoms. The van der Waals surface area contributed by atoms with Crippen LogP contribution in [0.25, 0.3) is 27.7 Å². The van der Waals surface area contributed by atoms with Crippen LogP contribution in [-0.2, 0) is 6.54 Å². The normalized spacial score (nSPS) is 12.2. The summed E-state index contributed by atoms with van der Waals surface area (Å²) in [5.41, 5.74) is 5.85. The quantitative estimate of drug-likeness (QED) is 0.504. The van der Waals surface area contributed by atoms with E-state index >= 15 is 0 Å². The molecular formula is C23H26N4O2. The molecule has 0 saturated heterocycles. The van der Waals surface area contributed by atoms with Gasteiger partial charge in [0.15, 0.2) is 17.2 Å². The zero-order chi connectivity index (χ0) is 21.1. The van der Waals surface area contributed by atoms with Crippen LogP contribution in [0.5, 0.6) is 5.75 Å². The van der Waals surface area contributed by atoms with E-state index in [2.05, 4.69) is 54.5 Å². The molecule has 150 valence electrons. The molecule has 4 rings (SSSR count). The fourth-order valence-electron chi connectivity index (χ4n) is 3.92. The van der Waals surface area contributed by atoms with E-state index in [-0.39, 0.29) is 16.9 Å². The maximum Gasteiger partial charge on any atom is 0.198 e. The lowest BCUT2D eigenvalue weighted by Gasteiger charge is -2.20. The van der Waals surface area contributed by atoms with Gasteiger partial charge < -0.3 is 9.67 Å². The highest BCUT2D eigenvalue weighted by Gasteiger charge is 2.20. The van der Waals surface area contributed by atoms with E-state index in [9.17, 15) is 9.90 Å². The molecule has 0 radical (unpaired) electrons. The molecule has 0 aliphatic rings. The van der Waals surface area contributed by atoms with Crippen LogP contribution in [0, 0.1) is 19.3 Å². The highest BCUT2D eigenvalue weighted by atomic mass is 16.3. The third-order valence-corrected chi connectivity index (χ3v) is 5.14. The topological polar surface area (TPSA) is 72.4 Å². The molecule has 6 nitrogen and oxygen atoms in total. The maximum absolute atomic E-state index is 12.3. The number of nitrogens with zero attached hydrogens (tertiary/aromatic N) is 4. The smallest absolute Gasteiger partial charge is 0.198 e. The number of aryl methyl sites for hydroxylation is 2. The molecule has 0 spiro atoms. The molecule has 0 amide bonds. The number of aromatic hydroxyl groups is 1. The largest absolute Gasteiger partial charge is 0.503 e. The number of hydrogen-bond acceptors (Lipinski definition) is 4. The van der Waals surface area contributed by atoms with Gasteiger partial charge in [-0.3, -0.25) is 4.79 Å². The molecular weight excluding hydrogens is 364 g/mol. The average Bonchev–Trinajstić information content (AvgIpc) is 3.11. The molecule has 0 fully saturated rings. The Balaban J connectivity index is 1.93. The van der Waals surface area contributed by atoms with Crippen molar-refractivity contribution in [2.24, 2.45) is 5.41 Å². The van der Waals surface area contributed by atoms with Gasteiger partial charge in [0.05, 0.1) is 5.52 Å². The van der Waals surface area contributed by atoms with Crippen molar-refractivity contribution >= 4 is 22.3 Å². The second-order valence-electron chi connectivity index (χ2n) is 9.02. The Labute approximate surface area is 169 Å². The maximum atomic E-state index is 12.3. The molecule has 0 atom stereocenters. The first kappa shape index (κ1) is 19.2. The molecule has 0 aliphatic heterocycles. The predicted octanol–water partition coefficient (Wildman–Crippen LogP) is 4.92. The van der Waals surface area contributed by atoms with Crippen LogP contribution >= 0.6 is 0 Å². The minimum absolute atomic E-state index is 0.0559. The number of carbonyl (C=O) groups is 1. The highest BCUT2D eigenvalue weighted by Crippen LogP contribution is 2.33. The molecule has 3 aromatic heterocycles. The molecule has 0 unspecified atom stereocenters. The summed E-state index contributed by atoms with van der Waals surface area (Å²) in [4.78, 5) is 16.7. The molecule has 0 bridgehead atoms. The number of fused-ring (bicyclic) bond motifs is 2. The van der Waals surface area contributed by atoms with Gasteiger partial charge in [-0.2, -0.15) is 5.10 Å². The molecule has 0 saturated carbocycles. The Bertz CT molecular complexity index is 1270. The summed E-state index contributed by atoms with van der Waals surface area (Å²) in [6, 6.07) is 4.17. The number of ketones is 1. The van der Waals surface area contributed by atoms with Crippen molar-refractivity contribution in [1.29, 1.82) is 0 Å². The van der Waals surface area contributed by atoms with Crippen LogP contribution in [0.15, 0.2) is 30.7 Å². The fraction of sp³-hybridized carbons (Fsp3) is 0.348. The Morgan fingerprint density at radius 1 is 1.14 bits per heavy atom. The third kappa shape index (κ3) is 3.28. The Morgan fingerprint density at radius 3 is 2.52 bits per heavy atom. The highest BCUT2D eigenvalue weighted by molar-refractivity contribution is 6.08. The number of benzene rings is 1. The molecule has 3 heterocycles. The van der Waals surface area contributed by atoms with Gasteiger partial charge in [-0.05, 0) is 49.4 Å². The second kappa shape index (κ2) is 6.44. The van der Waals surface area contributed by atoms with Crippen molar-refractivity contribution in [3.63, 3.8) is 0 Å². The van der Waals surface area contributed by atoms with E-state index < -0.39 is 0 Å². The first-order chi connectivity index (χ1) is 13.5. The van der Waals surface area contributed by atoms with Crippen molar-refractivity contribution in [3.8, 4) is 16.9 Å². The first-order valence-corrected chi connectivity index (χ1v) is 9.74. The van der Waals surface area contributed by atoms with E-state index in [1.54, 1.807) is 24.6 Å². The Kier molecular flexibility index (Phi) is 4.26. The van der Waals surface area contributed by atoms with Gasteiger partial charge in [0.1, 0.15) is 5.69 Å². The van der Waals surface area contributed by atoms with Crippen LogP contribution in [0.3, 0.4) is 0 Å². The summed E-state index contributed by atoms with van der Waals surface area (Å²) >= 11 is 0. The van der Waals surface area contributed by atoms with E-state index in [0.29, 0.717) is 11.3 Å². The summed E-state index contributed by atoms with van der Waals surface area (Å²) < 4.78 is 3.79. The van der Waals surface area contributed by atoms with Gasteiger partial charge in [-0.1, -0.05) is 20.8 Å². The van der Waals surface area contributed by atoms with E-state index in [0.717, 1.165) is 39.7 Å². The second-order valence-corrected chi connectivity index (χ2v) is 9.02. The predicted molar refractivity (Wildman–Crippen MR) is 115 cm³/mol. The standard InChI is InChI=1S/C23H26N4O2/c1-13-7-16(17-9-24-22-21(29)14(2)25-27(22)10-17)8-18-19(15(3)28)11-26(20(13)18)12-23(4,5)6/h7-11,29H,12H2,1-6H3. The molecule has 1 N–H and O–H groups in total. The fourth-order valence-corrected chi connectivity index (χ4v) is 3.92. The lowest BCUT2D eigenvalue weighted by atomic mass is 9.96. The van der Waals surface area contributed by atoms with Crippen LogP contribution in [-0.4, -0.2) is 30.1 Å². The summed E-state index contributed by atoms with van der Waals surface area (Å²) in [5, 5.41) is 15.3. The van der Waals surface area contributed by atoms with Gasteiger partial charge in [0, 0.05) is 41.6 Å². The number of Topliss-reactive ketones (excluding diaryl/α,β-unsaturated/α-hetero) is 1. The Hall–Kier alpha value is -3.15.